The van der Waals surface area contributed by atoms with Gasteiger partial charge in [0.05, 0.1) is 16.4 Å². The fourth-order valence-corrected chi connectivity index (χ4v) is 2.67. The van der Waals surface area contributed by atoms with Crippen LogP contribution in [0.15, 0.2) is 17.0 Å². The smallest absolute Gasteiger partial charge is 0.312 e. The van der Waals surface area contributed by atoms with Crippen molar-refractivity contribution in [1.29, 1.82) is 0 Å². The summed E-state index contributed by atoms with van der Waals surface area (Å²) < 4.78 is 28.2. The van der Waals surface area contributed by atoms with Crippen LogP contribution >= 0.6 is 0 Å². The van der Waals surface area contributed by atoms with Gasteiger partial charge in [-0.2, -0.15) is 0 Å². The van der Waals surface area contributed by atoms with Crippen LogP contribution in [0.4, 0.5) is 5.69 Å². The molecule has 0 saturated carbocycles. The molecule has 21 heavy (non-hydrogen) atoms. The molecule has 7 nitrogen and oxygen atoms in total. The first kappa shape index (κ1) is 17.4. The molecule has 1 aromatic carbocycles. The lowest BCUT2D eigenvalue weighted by molar-refractivity contribution is -0.386. The number of sulfonamides is 1. The van der Waals surface area contributed by atoms with Gasteiger partial charge in [-0.05, 0) is 37.3 Å². The second-order valence-corrected chi connectivity index (χ2v) is 6.80. The second-order valence-electron chi connectivity index (χ2n) is 5.27. The maximum Gasteiger partial charge on any atom is 0.312 e. The summed E-state index contributed by atoms with van der Waals surface area (Å²) in [5, 5.41) is 16.1. The molecule has 0 aromatic heterocycles. The third-order valence-corrected chi connectivity index (χ3v) is 4.00. The Balaban J connectivity index is 3.04. The fraction of sp³-hybridized carbons (Fsp3) is 0.538. The summed E-state index contributed by atoms with van der Waals surface area (Å²) in [5.41, 5.74) is -0.0730. The van der Waals surface area contributed by atoms with Crippen molar-refractivity contribution in [2.75, 3.05) is 6.61 Å². The highest BCUT2D eigenvalue weighted by Gasteiger charge is 2.22. The molecule has 0 aliphatic rings. The molecule has 0 spiro atoms. The van der Waals surface area contributed by atoms with E-state index in [1.54, 1.807) is 0 Å². The summed E-state index contributed by atoms with van der Waals surface area (Å²) in [5.74, 6) is 0.587. The van der Waals surface area contributed by atoms with Gasteiger partial charge in [-0.25, -0.2) is 13.6 Å². The van der Waals surface area contributed by atoms with Gasteiger partial charge in [-0.1, -0.05) is 13.8 Å². The lowest BCUT2D eigenvalue weighted by Crippen LogP contribution is -2.14. The molecular weight excluding hydrogens is 296 g/mol. The maximum absolute atomic E-state index is 11.4. The molecular formula is C13H20N2O5S. The molecule has 0 unspecified atom stereocenters. The zero-order valence-electron chi connectivity index (χ0n) is 12.3. The number of aryl methyl sites for hydroxylation is 1. The standard InChI is InChI=1S/C13H20N2O5S/c1-9(2)5-4-6-20-12-7-10(3)13(21(14,18)19)8-11(12)15(16)17/h7-9H,4-6H2,1-3H3,(H2,14,18,19). The number of rotatable bonds is 7. The van der Waals surface area contributed by atoms with Crippen LogP contribution in [-0.4, -0.2) is 19.9 Å². The van der Waals surface area contributed by atoms with Crippen molar-refractivity contribution < 1.29 is 18.1 Å². The molecule has 1 rings (SSSR count). The summed E-state index contributed by atoms with van der Waals surface area (Å²) in [7, 11) is -4.00. The van der Waals surface area contributed by atoms with Gasteiger partial charge >= 0.3 is 5.69 Å². The number of nitrogens with two attached hydrogens (primary N) is 1. The highest BCUT2D eigenvalue weighted by Crippen LogP contribution is 2.32. The minimum absolute atomic E-state index is 0.0636. The van der Waals surface area contributed by atoms with E-state index in [-0.39, 0.29) is 10.6 Å². The van der Waals surface area contributed by atoms with Crippen LogP contribution in [0.3, 0.4) is 0 Å². The van der Waals surface area contributed by atoms with E-state index in [0.717, 1.165) is 18.9 Å². The van der Waals surface area contributed by atoms with Crippen molar-refractivity contribution in [2.45, 2.75) is 38.5 Å². The van der Waals surface area contributed by atoms with Crippen molar-refractivity contribution in [3.63, 3.8) is 0 Å². The van der Waals surface area contributed by atoms with Gasteiger partial charge < -0.3 is 4.74 Å². The number of hydrogen-bond acceptors (Lipinski definition) is 5. The topological polar surface area (TPSA) is 113 Å². The van der Waals surface area contributed by atoms with Crippen LogP contribution in [-0.2, 0) is 10.0 Å². The van der Waals surface area contributed by atoms with E-state index in [9.17, 15) is 18.5 Å². The van der Waals surface area contributed by atoms with Crippen LogP contribution < -0.4 is 9.88 Å². The minimum Gasteiger partial charge on any atom is -0.487 e. The molecule has 8 heteroatoms. The monoisotopic (exact) mass is 316 g/mol. The van der Waals surface area contributed by atoms with Crippen molar-refractivity contribution in [1.82, 2.24) is 0 Å². The molecule has 0 aliphatic heterocycles. The Morgan fingerprint density at radius 2 is 2.00 bits per heavy atom. The number of primary sulfonamides is 1. The first-order valence-electron chi connectivity index (χ1n) is 6.57. The van der Waals surface area contributed by atoms with Gasteiger partial charge in [0.1, 0.15) is 0 Å². The molecule has 118 valence electrons. The lowest BCUT2D eigenvalue weighted by atomic mass is 10.1. The third kappa shape index (κ3) is 4.98. The van der Waals surface area contributed by atoms with Gasteiger partial charge in [0.15, 0.2) is 5.75 Å². The predicted molar refractivity (Wildman–Crippen MR) is 78.8 cm³/mol. The number of nitrogens with zero attached hydrogens (tertiary/aromatic N) is 1. The second kappa shape index (κ2) is 6.86. The van der Waals surface area contributed by atoms with E-state index >= 15 is 0 Å². The zero-order chi connectivity index (χ0) is 16.2. The highest BCUT2D eigenvalue weighted by atomic mass is 32.2. The predicted octanol–water partition coefficient (Wildman–Crippen LogP) is 2.37. The average Bonchev–Trinajstić information content (AvgIpc) is 2.32. The van der Waals surface area contributed by atoms with Crippen LogP contribution in [0.5, 0.6) is 5.75 Å². The number of benzene rings is 1. The summed E-state index contributed by atoms with van der Waals surface area (Å²) in [4.78, 5) is 10.1. The lowest BCUT2D eigenvalue weighted by Gasteiger charge is -2.10. The van der Waals surface area contributed by atoms with E-state index in [1.807, 2.05) is 0 Å². The van der Waals surface area contributed by atoms with Crippen LogP contribution in [0.2, 0.25) is 0 Å². The summed E-state index contributed by atoms with van der Waals surface area (Å²) in [6.45, 7) is 6.01. The Morgan fingerprint density at radius 3 is 2.48 bits per heavy atom. The first-order chi connectivity index (χ1) is 9.62. The number of ether oxygens (including phenoxy) is 1. The Kier molecular flexibility index (Phi) is 5.68. The van der Waals surface area contributed by atoms with Gasteiger partial charge in [0, 0.05) is 6.07 Å². The fourth-order valence-electron chi connectivity index (χ4n) is 1.89. The number of nitro benzene ring substituents is 1. The molecule has 0 radical (unpaired) electrons. The maximum atomic E-state index is 11.4. The van der Waals surface area contributed by atoms with Gasteiger partial charge in [0.25, 0.3) is 0 Å². The van der Waals surface area contributed by atoms with E-state index in [4.69, 9.17) is 9.88 Å². The Labute approximate surface area is 124 Å². The minimum atomic E-state index is -4.00. The quantitative estimate of drug-likeness (QED) is 0.471. The molecule has 0 amide bonds. The number of nitro groups is 1. The third-order valence-electron chi connectivity index (χ3n) is 2.94. The molecule has 0 atom stereocenters. The molecule has 0 fully saturated rings. The van der Waals surface area contributed by atoms with Crippen LogP contribution in [0, 0.1) is 23.0 Å². The normalized spacial score (nSPS) is 11.7. The summed E-state index contributed by atoms with van der Waals surface area (Å²) in [6, 6.07) is 2.29. The highest BCUT2D eigenvalue weighted by molar-refractivity contribution is 7.89. The van der Waals surface area contributed by atoms with Crippen LogP contribution in [0.25, 0.3) is 0 Å². The largest absolute Gasteiger partial charge is 0.487 e. The SMILES string of the molecule is Cc1cc(OCCCC(C)C)c([N+](=O)[O-])cc1S(N)(=O)=O. The van der Waals surface area contributed by atoms with Crippen molar-refractivity contribution >= 4 is 15.7 Å². The van der Waals surface area contributed by atoms with Gasteiger partial charge in [0.2, 0.25) is 10.0 Å². The summed E-state index contributed by atoms with van der Waals surface area (Å²) in [6.07, 6.45) is 1.72. The van der Waals surface area contributed by atoms with Gasteiger partial charge in [-0.3, -0.25) is 10.1 Å². The number of hydrogen-bond donors (Lipinski definition) is 1. The molecule has 1 aromatic rings. The van der Waals surface area contributed by atoms with Crippen molar-refractivity contribution in [3.05, 3.63) is 27.8 Å². The molecule has 0 saturated heterocycles. The first-order valence-corrected chi connectivity index (χ1v) is 8.12. The molecule has 0 aliphatic carbocycles. The van der Waals surface area contributed by atoms with Crippen molar-refractivity contribution in [3.8, 4) is 5.75 Å². The Morgan fingerprint density at radius 1 is 1.38 bits per heavy atom. The van der Waals surface area contributed by atoms with Crippen molar-refractivity contribution in [2.24, 2.45) is 11.1 Å². The van der Waals surface area contributed by atoms with Crippen LogP contribution in [0.1, 0.15) is 32.3 Å². The molecule has 0 heterocycles. The molecule has 0 bridgehead atoms. The van der Waals surface area contributed by atoms with E-state index in [0.29, 0.717) is 18.1 Å². The van der Waals surface area contributed by atoms with Gasteiger partial charge in [-0.15, -0.1) is 0 Å². The Hall–Kier alpha value is -1.67. The molecule has 2 N–H and O–H groups in total. The van der Waals surface area contributed by atoms with E-state index in [2.05, 4.69) is 13.8 Å². The Bertz CT molecular complexity index is 626. The van der Waals surface area contributed by atoms with E-state index in [1.165, 1.54) is 13.0 Å². The average molecular weight is 316 g/mol. The zero-order valence-corrected chi connectivity index (χ0v) is 13.1. The van der Waals surface area contributed by atoms with E-state index < -0.39 is 20.6 Å². The summed E-state index contributed by atoms with van der Waals surface area (Å²) >= 11 is 0.